The number of hydrogen-bond acceptors (Lipinski definition) is 3. The van der Waals surface area contributed by atoms with Gasteiger partial charge in [-0.1, -0.05) is 6.07 Å². The van der Waals surface area contributed by atoms with Gasteiger partial charge in [0.05, 0.1) is 5.41 Å². The van der Waals surface area contributed by atoms with Gasteiger partial charge in [-0.2, -0.15) is 0 Å². The van der Waals surface area contributed by atoms with E-state index in [-0.39, 0.29) is 12.5 Å². The average Bonchev–Trinajstić information content (AvgIpc) is 3.09. The lowest BCUT2D eigenvalue weighted by Gasteiger charge is -2.40. The molecule has 1 aromatic carbocycles. The third-order valence-corrected chi connectivity index (χ3v) is 5.12. The van der Waals surface area contributed by atoms with E-state index in [0.717, 1.165) is 10.9 Å². The molecule has 25 heavy (non-hydrogen) atoms. The molecule has 1 aliphatic heterocycles. The number of nitrogens with one attached hydrogen (secondary N) is 1. The summed E-state index contributed by atoms with van der Waals surface area (Å²) in [5.41, 5.74) is 0.628. The molecule has 0 bridgehead atoms. The molecule has 1 aliphatic rings. The number of fused-ring (bicyclic) bond motifs is 1. The molecule has 0 radical (unpaired) electrons. The van der Waals surface area contributed by atoms with E-state index in [0.29, 0.717) is 44.4 Å². The maximum atomic E-state index is 12.9. The Labute approximate surface area is 146 Å². The predicted molar refractivity (Wildman–Crippen MR) is 94.6 cm³/mol. The normalized spacial score (nSPS) is 20.8. The summed E-state index contributed by atoms with van der Waals surface area (Å²) in [6.07, 6.45) is 4.35. The van der Waals surface area contributed by atoms with Crippen LogP contribution in [0.3, 0.4) is 0 Å². The molecule has 6 nitrogen and oxygen atoms in total. The molecule has 1 saturated heterocycles. The van der Waals surface area contributed by atoms with Crippen LogP contribution >= 0.6 is 0 Å². The fourth-order valence-corrected chi connectivity index (χ4v) is 3.71. The van der Waals surface area contributed by atoms with Crippen molar-refractivity contribution in [1.82, 2.24) is 9.88 Å². The molecule has 0 spiro atoms. The van der Waals surface area contributed by atoms with Gasteiger partial charge in [0, 0.05) is 44.1 Å². The second-order valence-corrected chi connectivity index (χ2v) is 6.79. The Morgan fingerprint density at radius 3 is 2.96 bits per heavy atom. The molecule has 3 rings (SSSR count). The summed E-state index contributed by atoms with van der Waals surface area (Å²) in [7, 11) is 1.61. The highest BCUT2D eigenvalue weighted by molar-refractivity contribution is 5.98. The molecule has 134 valence electrons. The number of carbonyl (C=O) groups is 2. The standard InChI is InChI=1S/C19H24N2O4/c1-25-11-3-8-19(18(23)24)7-2-10-21(13-19)17(22)15-5-4-14-6-9-20-16(14)12-15/h4-6,9,12,20H,2-3,7-8,10-11,13H2,1H3,(H,23,24)/t19-/m1/s1. The number of likely N-dealkylation sites (tertiary alicyclic amines) is 1. The molecular formula is C19H24N2O4. The molecular weight excluding hydrogens is 320 g/mol. The van der Waals surface area contributed by atoms with Crippen LogP contribution < -0.4 is 0 Å². The van der Waals surface area contributed by atoms with Crippen LogP contribution in [0.25, 0.3) is 10.9 Å². The van der Waals surface area contributed by atoms with Crippen molar-refractivity contribution in [2.45, 2.75) is 25.7 Å². The number of hydrogen-bond donors (Lipinski definition) is 2. The Hall–Kier alpha value is -2.34. The van der Waals surface area contributed by atoms with E-state index in [4.69, 9.17) is 4.74 Å². The summed E-state index contributed by atoms with van der Waals surface area (Å²) in [6.45, 7) is 1.39. The second kappa shape index (κ2) is 7.27. The summed E-state index contributed by atoms with van der Waals surface area (Å²) in [5, 5.41) is 10.8. The van der Waals surface area contributed by atoms with Crippen molar-refractivity contribution in [1.29, 1.82) is 0 Å². The van der Waals surface area contributed by atoms with Crippen molar-refractivity contribution in [3.8, 4) is 0 Å². The lowest BCUT2D eigenvalue weighted by Crippen LogP contribution is -2.50. The molecule has 2 heterocycles. The number of H-pyrrole nitrogens is 1. The van der Waals surface area contributed by atoms with Crippen molar-refractivity contribution in [3.05, 3.63) is 36.0 Å². The molecule has 0 saturated carbocycles. The smallest absolute Gasteiger partial charge is 0.311 e. The summed E-state index contributed by atoms with van der Waals surface area (Å²) in [6, 6.07) is 7.50. The lowest BCUT2D eigenvalue weighted by atomic mass is 9.76. The largest absolute Gasteiger partial charge is 0.481 e. The number of piperidine rings is 1. The number of amides is 1. The minimum atomic E-state index is -0.872. The van der Waals surface area contributed by atoms with Crippen molar-refractivity contribution in [2.75, 3.05) is 26.8 Å². The van der Waals surface area contributed by atoms with Crippen molar-refractivity contribution in [2.24, 2.45) is 5.41 Å². The number of ether oxygens (including phenoxy) is 1. The van der Waals surface area contributed by atoms with Gasteiger partial charge in [0.25, 0.3) is 5.91 Å². The molecule has 1 atom stereocenters. The minimum absolute atomic E-state index is 0.103. The van der Waals surface area contributed by atoms with Crippen molar-refractivity contribution < 1.29 is 19.4 Å². The quantitative estimate of drug-likeness (QED) is 0.790. The Bertz CT molecular complexity index is 770. The van der Waals surface area contributed by atoms with Crippen LogP contribution in [0.15, 0.2) is 30.5 Å². The molecule has 2 N–H and O–H groups in total. The van der Waals surface area contributed by atoms with E-state index in [1.165, 1.54) is 0 Å². The highest BCUT2D eigenvalue weighted by Crippen LogP contribution is 2.35. The van der Waals surface area contributed by atoms with Crippen molar-refractivity contribution >= 4 is 22.8 Å². The van der Waals surface area contributed by atoms with Crippen LogP contribution in [0.5, 0.6) is 0 Å². The third-order valence-electron chi connectivity index (χ3n) is 5.12. The monoisotopic (exact) mass is 344 g/mol. The first-order chi connectivity index (χ1) is 12.1. The van der Waals surface area contributed by atoms with Crippen molar-refractivity contribution in [3.63, 3.8) is 0 Å². The number of carbonyl (C=O) groups excluding carboxylic acids is 1. The first-order valence-electron chi connectivity index (χ1n) is 8.64. The fraction of sp³-hybridized carbons (Fsp3) is 0.474. The SMILES string of the molecule is COCCC[C@]1(C(=O)O)CCCN(C(=O)c2ccc3cc[nH]c3c2)C1. The molecule has 1 fully saturated rings. The van der Waals surface area contributed by atoms with E-state index in [9.17, 15) is 14.7 Å². The van der Waals surface area contributed by atoms with Crippen LogP contribution in [0.1, 0.15) is 36.0 Å². The molecule has 1 amide bonds. The summed E-state index contributed by atoms with van der Waals surface area (Å²) >= 11 is 0. The zero-order valence-corrected chi connectivity index (χ0v) is 14.5. The summed E-state index contributed by atoms with van der Waals surface area (Å²) in [5.74, 6) is -0.922. The van der Waals surface area contributed by atoms with E-state index in [1.54, 1.807) is 18.1 Å². The van der Waals surface area contributed by atoms with E-state index in [2.05, 4.69) is 4.98 Å². The predicted octanol–water partition coefficient (Wildman–Crippen LogP) is 2.90. The average molecular weight is 344 g/mol. The van der Waals surface area contributed by atoms with Gasteiger partial charge < -0.3 is 19.7 Å². The van der Waals surface area contributed by atoms with E-state index < -0.39 is 11.4 Å². The number of nitrogens with zero attached hydrogens (tertiary/aromatic N) is 1. The Balaban J connectivity index is 1.78. The van der Waals surface area contributed by atoms with E-state index in [1.807, 2.05) is 24.4 Å². The number of aromatic amines is 1. The van der Waals surface area contributed by atoms with Crippen LogP contribution in [0.2, 0.25) is 0 Å². The Morgan fingerprint density at radius 2 is 2.20 bits per heavy atom. The molecule has 2 aromatic rings. The maximum absolute atomic E-state index is 12.9. The number of carboxylic acid groups (broad SMARTS) is 1. The van der Waals surface area contributed by atoms with Gasteiger partial charge in [0.1, 0.15) is 0 Å². The number of aromatic nitrogens is 1. The van der Waals surface area contributed by atoms with Gasteiger partial charge in [-0.15, -0.1) is 0 Å². The first-order valence-corrected chi connectivity index (χ1v) is 8.64. The van der Waals surface area contributed by atoms with Crippen LogP contribution in [-0.2, 0) is 9.53 Å². The third kappa shape index (κ3) is 3.54. The van der Waals surface area contributed by atoms with Gasteiger partial charge in [0.2, 0.25) is 0 Å². The lowest BCUT2D eigenvalue weighted by molar-refractivity contribution is -0.152. The number of aliphatic carboxylic acids is 1. The Morgan fingerprint density at radius 1 is 1.36 bits per heavy atom. The van der Waals surface area contributed by atoms with Gasteiger partial charge in [-0.3, -0.25) is 9.59 Å². The van der Waals surface area contributed by atoms with Crippen LogP contribution in [0, 0.1) is 5.41 Å². The topological polar surface area (TPSA) is 82.6 Å². The number of methoxy groups -OCH3 is 1. The zero-order chi connectivity index (χ0) is 17.9. The number of carboxylic acids is 1. The maximum Gasteiger partial charge on any atom is 0.311 e. The molecule has 1 aromatic heterocycles. The van der Waals surface area contributed by atoms with Crippen LogP contribution in [-0.4, -0.2) is 53.7 Å². The van der Waals surface area contributed by atoms with Gasteiger partial charge >= 0.3 is 5.97 Å². The fourth-order valence-electron chi connectivity index (χ4n) is 3.71. The van der Waals surface area contributed by atoms with Crippen LogP contribution in [0.4, 0.5) is 0 Å². The van der Waals surface area contributed by atoms with E-state index >= 15 is 0 Å². The molecule has 0 unspecified atom stereocenters. The van der Waals surface area contributed by atoms with Gasteiger partial charge in [-0.25, -0.2) is 0 Å². The number of rotatable bonds is 6. The summed E-state index contributed by atoms with van der Waals surface area (Å²) < 4.78 is 5.06. The zero-order valence-electron chi connectivity index (χ0n) is 14.5. The highest BCUT2D eigenvalue weighted by Gasteiger charge is 2.43. The van der Waals surface area contributed by atoms with Gasteiger partial charge in [0.15, 0.2) is 0 Å². The second-order valence-electron chi connectivity index (χ2n) is 6.79. The Kier molecular flexibility index (Phi) is 5.08. The minimum Gasteiger partial charge on any atom is -0.481 e. The molecule has 6 heteroatoms. The van der Waals surface area contributed by atoms with Gasteiger partial charge in [-0.05, 0) is 49.3 Å². The number of benzene rings is 1. The molecule has 0 aliphatic carbocycles. The highest BCUT2D eigenvalue weighted by atomic mass is 16.5. The summed E-state index contributed by atoms with van der Waals surface area (Å²) in [4.78, 5) is 29.6. The first kappa shape index (κ1) is 17.5.